The monoisotopic (exact) mass is 169 g/mol. The van der Waals surface area contributed by atoms with Crippen LogP contribution in [-0.2, 0) is 6.61 Å². The standard InChI is InChI=1S/C7H7NO4/c9-3-4-1-2-8-5(6(4)10)7(11)12/h1-2,9-10H,3H2,(H,11,12). The smallest absolute Gasteiger partial charge is 0.358 e. The van der Waals surface area contributed by atoms with Crippen molar-refractivity contribution in [2.75, 3.05) is 0 Å². The lowest BCUT2D eigenvalue weighted by Crippen LogP contribution is -2.02. The van der Waals surface area contributed by atoms with E-state index in [-0.39, 0.29) is 5.56 Å². The Morgan fingerprint density at radius 1 is 1.58 bits per heavy atom. The molecule has 0 fully saturated rings. The Labute approximate surface area is 67.9 Å². The molecule has 5 nitrogen and oxygen atoms in total. The molecule has 12 heavy (non-hydrogen) atoms. The van der Waals surface area contributed by atoms with Crippen molar-refractivity contribution in [2.45, 2.75) is 6.61 Å². The fourth-order valence-electron chi connectivity index (χ4n) is 0.778. The van der Waals surface area contributed by atoms with Crippen LogP contribution in [0.2, 0.25) is 0 Å². The van der Waals surface area contributed by atoms with Crippen LogP contribution in [0.15, 0.2) is 12.3 Å². The van der Waals surface area contributed by atoms with Gasteiger partial charge in [-0.05, 0) is 6.07 Å². The van der Waals surface area contributed by atoms with Crippen LogP contribution in [0.5, 0.6) is 5.75 Å². The number of carbonyl (C=O) groups is 1. The topological polar surface area (TPSA) is 90.7 Å². The molecule has 5 heteroatoms. The van der Waals surface area contributed by atoms with Gasteiger partial charge in [0.05, 0.1) is 6.61 Å². The molecule has 1 aromatic heterocycles. The van der Waals surface area contributed by atoms with E-state index in [9.17, 15) is 4.79 Å². The molecule has 0 saturated carbocycles. The van der Waals surface area contributed by atoms with Crippen molar-refractivity contribution in [3.63, 3.8) is 0 Å². The SMILES string of the molecule is O=C(O)c1nccc(CO)c1O. The number of aromatic hydroxyl groups is 1. The average Bonchev–Trinajstić information content (AvgIpc) is 2.04. The number of carboxylic acids is 1. The second-order valence-electron chi connectivity index (χ2n) is 2.13. The van der Waals surface area contributed by atoms with E-state index >= 15 is 0 Å². The van der Waals surface area contributed by atoms with Gasteiger partial charge in [0.1, 0.15) is 0 Å². The first kappa shape index (κ1) is 8.48. The predicted molar refractivity (Wildman–Crippen MR) is 38.8 cm³/mol. The first-order valence-corrected chi connectivity index (χ1v) is 3.17. The predicted octanol–water partition coefficient (Wildman–Crippen LogP) is -0.0223. The van der Waals surface area contributed by atoms with Crippen LogP contribution in [0.3, 0.4) is 0 Å². The van der Waals surface area contributed by atoms with E-state index in [0.29, 0.717) is 0 Å². The fraction of sp³-hybridized carbons (Fsp3) is 0.143. The molecule has 1 aromatic rings. The molecule has 0 bridgehead atoms. The van der Waals surface area contributed by atoms with Gasteiger partial charge in [0.25, 0.3) is 0 Å². The molecule has 0 saturated heterocycles. The molecule has 0 amide bonds. The summed E-state index contributed by atoms with van der Waals surface area (Å²) in [6.45, 7) is -0.408. The third-order valence-corrected chi connectivity index (χ3v) is 1.38. The third kappa shape index (κ3) is 1.35. The molecular formula is C7H7NO4. The normalized spacial score (nSPS) is 9.75. The van der Waals surface area contributed by atoms with Crippen molar-refractivity contribution in [3.05, 3.63) is 23.5 Å². The van der Waals surface area contributed by atoms with E-state index in [0.717, 1.165) is 0 Å². The summed E-state index contributed by atoms with van der Waals surface area (Å²) < 4.78 is 0. The number of rotatable bonds is 2. The highest BCUT2D eigenvalue weighted by atomic mass is 16.4. The molecule has 0 aliphatic carbocycles. The lowest BCUT2D eigenvalue weighted by molar-refractivity contribution is 0.0686. The summed E-state index contributed by atoms with van der Waals surface area (Å²) in [7, 11) is 0. The number of aliphatic hydroxyl groups is 1. The van der Waals surface area contributed by atoms with Crippen LogP contribution < -0.4 is 0 Å². The Balaban J connectivity index is 3.23. The van der Waals surface area contributed by atoms with Crippen molar-refractivity contribution in [1.82, 2.24) is 4.98 Å². The maximum absolute atomic E-state index is 10.4. The van der Waals surface area contributed by atoms with E-state index in [1.165, 1.54) is 12.3 Å². The minimum atomic E-state index is -1.32. The number of nitrogens with zero attached hydrogens (tertiary/aromatic N) is 1. The van der Waals surface area contributed by atoms with Crippen molar-refractivity contribution < 1.29 is 20.1 Å². The molecule has 1 heterocycles. The van der Waals surface area contributed by atoms with Crippen LogP contribution in [0.25, 0.3) is 0 Å². The number of hydrogen-bond acceptors (Lipinski definition) is 4. The van der Waals surface area contributed by atoms with E-state index in [1.54, 1.807) is 0 Å². The van der Waals surface area contributed by atoms with Crippen molar-refractivity contribution in [1.29, 1.82) is 0 Å². The van der Waals surface area contributed by atoms with Crippen molar-refractivity contribution >= 4 is 5.97 Å². The highest BCUT2D eigenvalue weighted by Crippen LogP contribution is 2.19. The first-order valence-electron chi connectivity index (χ1n) is 3.17. The van der Waals surface area contributed by atoms with Gasteiger partial charge in [0.2, 0.25) is 0 Å². The molecule has 64 valence electrons. The van der Waals surface area contributed by atoms with Gasteiger partial charge < -0.3 is 15.3 Å². The van der Waals surface area contributed by atoms with Gasteiger partial charge >= 0.3 is 5.97 Å². The zero-order valence-corrected chi connectivity index (χ0v) is 6.06. The summed E-state index contributed by atoms with van der Waals surface area (Å²) in [5.41, 5.74) is -0.288. The van der Waals surface area contributed by atoms with Crippen LogP contribution >= 0.6 is 0 Å². The van der Waals surface area contributed by atoms with Gasteiger partial charge in [-0.3, -0.25) is 0 Å². The Hall–Kier alpha value is -1.62. The highest BCUT2D eigenvalue weighted by molar-refractivity contribution is 5.88. The largest absolute Gasteiger partial charge is 0.505 e. The summed E-state index contributed by atoms with van der Waals surface area (Å²) in [6, 6.07) is 1.35. The molecule has 0 aliphatic heterocycles. The summed E-state index contributed by atoms with van der Waals surface area (Å²) in [5.74, 6) is -1.80. The van der Waals surface area contributed by atoms with Crippen LogP contribution in [-0.4, -0.2) is 26.3 Å². The van der Waals surface area contributed by atoms with E-state index in [2.05, 4.69) is 4.98 Å². The van der Waals surface area contributed by atoms with Crippen LogP contribution in [0, 0.1) is 0 Å². The zero-order valence-electron chi connectivity index (χ0n) is 6.06. The van der Waals surface area contributed by atoms with E-state index in [1.807, 2.05) is 0 Å². The fourth-order valence-corrected chi connectivity index (χ4v) is 0.778. The second kappa shape index (κ2) is 3.19. The number of pyridine rings is 1. The highest BCUT2D eigenvalue weighted by Gasteiger charge is 2.13. The third-order valence-electron chi connectivity index (χ3n) is 1.38. The molecule has 0 unspecified atom stereocenters. The van der Waals surface area contributed by atoms with E-state index < -0.39 is 24.0 Å². The van der Waals surface area contributed by atoms with Crippen molar-refractivity contribution in [2.24, 2.45) is 0 Å². The zero-order chi connectivity index (χ0) is 9.14. The molecule has 0 aromatic carbocycles. The van der Waals surface area contributed by atoms with Gasteiger partial charge in [0, 0.05) is 11.8 Å². The quantitative estimate of drug-likeness (QED) is 0.578. The Morgan fingerprint density at radius 3 is 2.75 bits per heavy atom. The molecule has 0 radical (unpaired) electrons. The summed E-state index contributed by atoms with van der Waals surface area (Å²) in [6.07, 6.45) is 1.22. The van der Waals surface area contributed by atoms with Gasteiger partial charge in [0.15, 0.2) is 11.4 Å². The Kier molecular flexibility index (Phi) is 2.25. The van der Waals surface area contributed by atoms with Gasteiger partial charge in [-0.1, -0.05) is 0 Å². The molecule has 1 rings (SSSR count). The van der Waals surface area contributed by atoms with E-state index in [4.69, 9.17) is 15.3 Å². The van der Waals surface area contributed by atoms with Gasteiger partial charge in [-0.2, -0.15) is 0 Å². The van der Waals surface area contributed by atoms with Crippen molar-refractivity contribution in [3.8, 4) is 5.75 Å². The summed E-state index contributed by atoms with van der Waals surface area (Å²) in [5, 5.41) is 26.3. The second-order valence-corrected chi connectivity index (χ2v) is 2.13. The summed E-state index contributed by atoms with van der Waals surface area (Å²) in [4.78, 5) is 13.8. The van der Waals surface area contributed by atoms with Gasteiger partial charge in [-0.15, -0.1) is 0 Å². The maximum atomic E-state index is 10.4. The average molecular weight is 169 g/mol. The number of aromatic nitrogens is 1. The first-order chi connectivity index (χ1) is 5.66. The minimum Gasteiger partial charge on any atom is -0.505 e. The lowest BCUT2D eigenvalue weighted by atomic mass is 10.2. The molecule has 0 aliphatic rings. The molecule has 0 atom stereocenters. The number of carboxylic acid groups (broad SMARTS) is 1. The Morgan fingerprint density at radius 2 is 2.25 bits per heavy atom. The molecule has 3 N–H and O–H groups in total. The Bertz CT molecular complexity index is 310. The van der Waals surface area contributed by atoms with Crippen LogP contribution in [0.1, 0.15) is 16.1 Å². The number of aromatic carboxylic acids is 1. The van der Waals surface area contributed by atoms with Crippen LogP contribution in [0.4, 0.5) is 0 Å². The van der Waals surface area contributed by atoms with Gasteiger partial charge in [-0.25, -0.2) is 9.78 Å². The molecule has 0 spiro atoms. The summed E-state index contributed by atoms with van der Waals surface area (Å²) >= 11 is 0. The molecular weight excluding hydrogens is 162 g/mol. The lowest BCUT2D eigenvalue weighted by Gasteiger charge is -2.01. The maximum Gasteiger partial charge on any atom is 0.358 e. The number of aliphatic hydroxyl groups excluding tert-OH is 1. The number of hydrogen-bond donors (Lipinski definition) is 3. The minimum absolute atomic E-state index is 0.155.